The van der Waals surface area contributed by atoms with Crippen LogP contribution in [0.4, 0.5) is 0 Å². The first-order chi connectivity index (χ1) is 9.43. The minimum absolute atomic E-state index is 0.113. The van der Waals surface area contributed by atoms with Crippen molar-refractivity contribution in [2.24, 2.45) is 0 Å². The van der Waals surface area contributed by atoms with Crippen molar-refractivity contribution in [3.8, 4) is 0 Å². The van der Waals surface area contributed by atoms with E-state index in [-0.39, 0.29) is 11.4 Å². The van der Waals surface area contributed by atoms with E-state index in [1.54, 1.807) is 28.9 Å². The Balaban J connectivity index is 1.81. The lowest BCUT2D eigenvalue weighted by molar-refractivity contribution is 0.0943. The smallest absolute Gasteiger partial charge is 0.272 e. The molecule has 0 fully saturated rings. The number of nitrogens with one attached hydrogen (secondary N) is 1. The Morgan fingerprint density at radius 1 is 1.40 bits per heavy atom. The van der Waals surface area contributed by atoms with Gasteiger partial charge in [-0.3, -0.25) is 4.79 Å². The van der Waals surface area contributed by atoms with E-state index in [0.29, 0.717) is 10.7 Å². The summed E-state index contributed by atoms with van der Waals surface area (Å²) in [6, 6.07) is 2.86. The van der Waals surface area contributed by atoms with Gasteiger partial charge in [0, 0.05) is 17.8 Å². The average Bonchev–Trinajstić information content (AvgIpc) is 2.92. The van der Waals surface area contributed by atoms with E-state index in [0.717, 1.165) is 5.41 Å². The predicted octanol–water partition coefficient (Wildman–Crippen LogP) is 1.03. The van der Waals surface area contributed by atoms with Gasteiger partial charge in [0.25, 0.3) is 5.91 Å². The number of hydrogen-bond acceptors (Lipinski definition) is 4. The van der Waals surface area contributed by atoms with E-state index in [4.69, 9.17) is 11.6 Å². The largest absolute Gasteiger partial charge is 0.343 e. The van der Waals surface area contributed by atoms with Crippen molar-refractivity contribution in [1.29, 1.82) is 0 Å². The number of hydrogen-bond donors (Lipinski definition) is 1. The molecule has 2 aromatic heterocycles. The van der Waals surface area contributed by atoms with Gasteiger partial charge in [-0.2, -0.15) is 0 Å². The molecule has 1 aliphatic heterocycles. The number of imidazole rings is 1. The number of halogens is 1. The lowest BCUT2D eigenvalue weighted by Crippen LogP contribution is -2.35. The Morgan fingerprint density at radius 3 is 2.90 bits per heavy atom. The summed E-state index contributed by atoms with van der Waals surface area (Å²) in [7, 11) is -3.19. The minimum Gasteiger partial charge on any atom is -0.343 e. The molecule has 8 heteroatoms. The highest BCUT2D eigenvalue weighted by molar-refractivity contribution is 7.94. The zero-order chi connectivity index (χ0) is 14.3. The average molecular weight is 312 g/mol. The van der Waals surface area contributed by atoms with Crippen LogP contribution in [0.15, 0.2) is 36.0 Å². The number of sulfone groups is 1. The van der Waals surface area contributed by atoms with Crippen molar-refractivity contribution in [3.05, 3.63) is 46.7 Å². The van der Waals surface area contributed by atoms with Gasteiger partial charge in [0.05, 0.1) is 16.8 Å². The summed E-state index contributed by atoms with van der Waals surface area (Å²) in [5.41, 5.74) is 0.805. The van der Waals surface area contributed by atoms with E-state index in [1.165, 1.54) is 6.08 Å². The van der Waals surface area contributed by atoms with Crippen LogP contribution in [0.5, 0.6) is 0 Å². The number of carbonyl (C=O) groups is 1. The minimum atomic E-state index is -3.19. The molecule has 0 aliphatic carbocycles. The normalized spacial score (nSPS) is 20.4. The Bertz CT molecular complexity index is 826. The Kier molecular flexibility index (Phi) is 3.02. The van der Waals surface area contributed by atoms with Gasteiger partial charge in [-0.05, 0) is 18.2 Å². The highest BCUT2D eigenvalue weighted by Crippen LogP contribution is 2.13. The second-order valence-corrected chi connectivity index (χ2v) is 6.84. The molecule has 0 bridgehead atoms. The van der Waals surface area contributed by atoms with Crippen molar-refractivity contribution in [1.82, 2.24) is 14.7 Å². The first kappa shape index (κ1) is 13.1. The Labute approximate surface area is 120 Å². The second kappa shape index (κ2) is 4.60. The van der Waals surface area contributed by atoms with Crippen LogP contribution >= 0.6 is 11.6 Å². The SMILES string of the molecule is O=C(NC1C=CS(=O)(=O)C1)c1cn2cc(Cl)ccc2n1. The number of rotatable bonds is 2. The van der Waals surface area contributed by atoms with Crippen LogP contribution in [-0.4, -0.2) is 35.5 Å². The monoisotopic (exact) mass is 311 g/mol. The summed E-state index contributed by atoms with van der Waals surface area (Å²) < 4.78 is 24.2. The third kappa shape index (κ3) is 2.54. The number of aromatic nitrogens is 2. The second-order valence-electron chi connectivity index (χ2n) is 4.48. The molecule has 1 N–H and O–H groups in total. The van der Waals surface area contributed by atoms with E-state index in [9.17, 15) is 13.2 Å². The third-order valence-electron chi connectivity index (χ3n) is 2.89. The molecule has 3 rings (SSSR count). The van der Waals surface area contributed by atoms with Crippen LogP contribution in [-0.2, 0) is 9.84 Å². The first-order valence-corrected chi connectivity index (χ1v) is 7.88. The summed E-state index contributed by atoms with van der Waals surface area (Å²) in [5.74, 6) is -0.533. The highest BCUT2D eigenvalue weighted by Gasteiger charge is 2.24. The van der Waals surface area contributed by atoms with Crippen molar-refractivity contribution in [3.63, 3.8) is 0 Å². The van der Waals surface area contributed by atoms with Crippen molar-refractivity contribution < 1.29 is 13.2 Å². The van der Waals surface area contributed by atoms with Gasteiger partial charge in [0.15, 0.2) is 9.84 Å². The van der Waals surface area contributed by atoms with Gasteiger partial charge < -0.3 is 9.72 Å². The van der Waals surface area contributed by atoms with Crippen molar-refractivity contribution in [2.45, 2.75) is 6.04 Å². The molecule has 0 radical (unpaired) electrons. The molecule has 104 valence electrons. The number of nitrogens with zero attached hydrogens (tertiary/aromatic N) is 2. The molecule has 0 saturated heterocycles. The fourth-order valence-electron chi connectivity index (χ4n) is 1.98. The summed E-state index contributed by atoms with van der Waals surface area (Å²) in [6.45, 7) is 0. The maximum Gasteiger partial charge on any atom is 0.272 e. The molecule has 0 aromatic carbocycles. The zero-order valence-electron chi connectivity index (χ0n) is 10.2. The fraction of sp³-hybridized carbons (Fsp3) is 0.167. The number of fused-ring (bicyclic) bond motifs is 1. The first-order valence-electron chi connectivity index (χ1n) is 5.79. The molecule has 1 unspecified atom stereocenters. The number of pyridine rings is 1. The maximum absolute atomic E-state index is 12.0. The van der Waals surface area contributed by atoms with Crippen LogP contribution in [0.3, 0.4) is 0 Å². The van der Waals surface area contributed by atoms with Crippen LogP contribution in [0.25, 0.3) is 5.65 Å². The van der Waals surface area contributed by atoms with Gasteiger partial charge in [-0.1, -0.05) is 11.6 Å². The summed E-state index contributed by atoms with van der Waals surface area (Å²) in [4.78, 5) is 16.2. The maximum atomic E-state index is 12.0. The molecule has 20 heavy (non-hydrogen) atoms. The molecular weight excluding hydrogens is 302 g/mol. The van der Waals surface area contributed by atoms with Gasteiger partial charge >= 0.3 is 0 Å². The van der Waals surface area contributed by atoms with E-state index in [1.807, 2.05) is 0 Å². The third-order valence-corrected chi connectivity index (χ3v) is 4.51. The van der Waals surface area contributed by atoms with Crippen molar-refractivity contribution in [2.75, 3.05) is 5.75 Å². The van der Waals surface area contributed by atoms with Crippen LogP contribution < -0.4 is 5.32 Å². The van der Waals surface area contributed by atoms with Crippen molar-refractivity contribution >= 4 is 33.0 Å². The quantitative estimate of drug-likeness (QED) is 0.898. The van der Waals surface area contributed by atoms with E-state index < -0.39 is 21.8 Å². The van der Waals surface area contributed by atoms with E-state index in [2.05, 4.69) is 10.3 Å². The van der Waals surface area contributed by atoms with Gasteiger partial charge in [0.1, 0.15) is 11.3 Å². The number of amides is 1. The molecule has 1 amide bonds. The van der Waals surface area contributed by atoms with Gasteiger partial charge in [-0.25, -0.2) is 13.4 Å². The Morgan fingerprint density at radius 2 is 2.20 bits per heavy atom. The van der Waals surface area contributed by atoms with Crippen LogP contribution in [0.1, 0.15) is 10.5 Å². The lowest BCUT2D eigenvalue weighted by atomic mass is 10.3. The fourth-order valence-corrected chi connectivity index (χ4v) is 3.39. The van der Waals surface area contributed by atoms with Crippen LogP contribution in [0.2, 0.25) is 5.02 Å². The standard InChI is InChI=1S/C12H10ClN3O3S/c13-8-1-2-11-15-10(6-16(11)5-8)12(17)14-9-3-4-20(18,19)7-9/h1-6,9H,7H2,(H,14,17). The topological polar surface area (TPSA) is 80.5 Å². The zero-order valence-corrected chi connectivity index (χ0v) is 11.7. The van der Waals surface area contributed by atoms with Crippen LogP contribution in [0, 0.1) is 0 Å². The van der Waals surface area contributed by atoms with E-state index >= 15 is 0 Å². The summed E-state index contributed by atoms with van der Waals surface area (Å²) >= 11 is 5.85. The Hall–Kier alpha value is -1.86. The number of carbonyl (C=O) groups excluding carboxylic acids is 1. The lowest BCUT2D eigenvalue weighted by Gasteiger charge is -2.07. The molecule has 1 aliphatic rings. The molecule has 2 aromatic rings. The molecule has 6 nitrogen and oxygen atoms in total. The van der Waals surface area contributed by atoms with Gasteiger partial charge in [0.2, 0.25) is 0 Å². The molecular formula is C12H10ClN3O3S. The molecule has 0 saturated carbocycles. The van der Waals surface area contributed by atoms with Gasteiger partial charge in [-0.15, -0.1) is 0 Å². The molecule has 0 spiro atoms. The summed E-state index contributed by atoms with van der Waals surface area (Å²) in [6.07, 6.45) is 4.64. The molecule has 1 atom stereocenters. The predicted molar refractivity (Wildman–Crippen MR) is 74.4 cm³/mol. The molecule has 3 heterocycles. The summed E-state index contributed by atoms with van der Waals surface area (Å²) in [5, 5.41) is 4.26. The highest BCUT2D eigenvalue weighted by atomic mass is 35.5.